The lowest BCUT2D eigenvalue weighted by Crippen LogP contribution is -2.21. The molecular weight excluding hydrogens is 160 g/mol. The molecule has 1 nitrogen and oxygen atoms in total. The molecule has 13 heavy (non-hydrogen) atoms. The van der Waals surface area contributed by atoms with Crippen molar-refractivity contribution < 1.29 is 5.11 Å². The molecule has 0 spiro atoms. The van der Waals surface area contributed by atoms with Gasteiger partial charge in [-0.25, -0.2) is 0 Å². The Labute approximate surface area is 79.4 Å². The Balaban J connectivity index is 2.50. The van der Waals surface area contributed by atoms with Gasteiger partial charge in [-0.2, -0.15) is 0 Å². The average molecular weight is 174 g/mol. The molecule has 0 aromatic heterocycles. The SMILES string of the molecule is C#C[C@](C)(O)CCc1ccccc1. The second kappa shape index (κ2) is 4.11. The van der Waals surface area contributed by atoms with Crippen molar-refractivity contribution in [2.75, 3.05) is 0 Å². The Hall–Kier alpha value is -1.26. The Bertz CT molecular complexity index is 293. The van der Waals surface area contributed by atoms with Crippen LogP contribution in [0.1, 0.15) is 18.9 Å². The van der Waals surface area contributed by atoms with Crippen LogP contribution >= 0.6 is 0 Å². The molecule has 0 amide bonds. The van der Waals surface area contributed by atoms with Gasteiger partial charge in [-0.3, -0.25) is 0 Å². The fourth-order valence-electron chi connectivity index (χ4n) is 1.10. The standard InChI is InChI=1S/C12H14O/c1-3-12(2,13)10-9-11-7-5-4-6-8-11/h1,4-8,13H,9-10H2,2H3/t12-/m0/s1. The van der Waals surface area contributed by atoms with Gasteiger partial charge in [-0.1, -0.05) is 36.3 Å². The van der Waals surface area contributed by atoms with Crippen molar-refractivity contribution in [2.24, 2.45) is 0 Å². The highest BCUT2D eigenvalue weighted by atomic mass is 16.3. The number of aryl methyl sites for hydroxylation is 1. The smallest absolute Gasteiger partial charge is 0.122 e. The molecule has 0 bridgehead atoms. The van der Waals surface area contributed by atoms with Crippen molar-refractivity contribution in [3.8, 4) is 12.3 Å². The molecule has 0 heterocycles. The van der Waals surface area contributed by atoms with Gasteiger partial charge in [-0.15, -0.1) is 6.42 Å². The van der Waals surface area contributed by atoms with Crippen LogP contribution in [-0.2, 0) is 6.42 Å². The van der Waals surface area contributed by atoms with Crippen molar-refractivity contribution in [3.05, 3.63) is 35.9 Å². The van der Waals surface area contributed by atoms with Crippen LogP contribution in [0.5, 0.6) is 0 Å². The third kappa shape index (κ3) is 3.31. The molecule has 0 aliphatic rings. The van der Waals surface area contributed by atoms with Crippen molar-refractivity contribution >= 4 is 0 Å². The summed E-state index contributed by atoms with van der Waals surface area (Å²) in [6, 6.07) is 10.0. The molecule has 0 saturated heterocycles. The topological polar surface area (TPSA) is 20.2 Å². The van der Waals surface area contributed by atoms with E-state index in [0.717, 1.165) is 6.42 Å². The van der Waals surface area contributed by atoms with E-state index >= 15 is 0 Å². The number of rotatable bonds is 3. The van der Waals surface area contributed by atoms with E-state index in [9.17, 15) is 5.11 Å². The van der Waals surface area contributed by atoms with E-state index in [1.807, 2.05) is 30.3 Å². The van der Waals surface area contributed by atoms with Crippen molar-refractivity contribution in [1.82, 2.24) is 0 Å². The normalized spacial score (nSPS) is 14.5. The number of aliphatic hydroxyl groups is 1. The maximum Gasteiger partial charge on any atom is 0.122 e. The highest BCUT2D eigenvalue weighted by molar-refractivity contribution is 5.16. The molecule has 0 saturated carbocycles. The molecule has 0 unspecified atom stereocenters. The van der Waals surface area contributed by atoms with E-state index in [4.69, 9.17) is 6.42 Å². The van der Waals surface area contributed by atoms with Gasteiger partial charge in [0.25, 0.3) is 0 Å². The van der Waals surface area contributed by atoms with E-state index in [2.05, 4.69) is 5.92 Å². The monoisotopic (exact) mass is 174 g/mol. The third-order valence-electron chi connectivity index (χ3n) is 2.05. The summed E-state index contributed by atoms with van der Waals surface area (Å²) in [5.74, 6) is 2.37. The van der Waals surface area contributed by atoms with Crippen LogP contribution in [0, 0.1) is 12.3 Å². The lowest BCUT2D eigenvalue weighted by Gasteiger charge is -2.15. The molecular formula is C12H14O. The molecule has 1 atom stereocenters. The molecule has 0 radical (unpaired) electrons. The fourth-order valence-corrected chi connectivity index (χ4v) is 1.10. The van der Waals surface area contributed by atoms with Crippen molar-refractivity contribution in [3.63, 3.8) is 0 Å². The zero-order chi connectivity index (χ0) is 9.73. The molecule has 1 heteroatoms. The van der Waals surface area contributed by atoms with Crippen LogP contribution in [0.3, 0.4) is 0 Å². The lowest BCUT2D eigenvalue weighted by molar-refractivity contribution is 0.113. The van der Waals surface area contributed by atoms with E-state index in [1.165, 1.54) is 5.56 Å². The first kappa shape index (κ1) is 9.83. The number of hydrogen-bond donors (Lipinski definition) is 1. The number of benzene rings is 1. The van der Waals surface area contributed by atoms with Gasteiger partial charge in [-0.05, 0) is 25.3 Å². The van der Waals surface area contributed by atoms with Crippen LogP contribution in [0.15, 0.2) is 30.3 Å². The first-order valence-corrected chi connectivity index (χ1v) is 4.38. The molecule has 0 aliphatic carbocycles. The summed E-state index contributed by atoms with van der Waals surface area (Å²) < 4.78 is 0. The Morgan fingerprint density at radius 2 is 2.00 bits per heavy atom. The summed E-state index contributed by atoms with van der Waals surface area (Å²) >= 11 is 0. The lowest BCUT2D eigenvalue weighted by atomic mass is 9.98. The van der Waals surface area contributed by atoms with E-state index in [0.29, 0.717) is 6.42 Å². The van der Waals surface area contributed by atoms with Crippen molar-refractivity contribution in [1.29, 1.82) is 0 Å². The number of hydrogen-bond acceptors (Lipinski definition) is 1. The predicted octanol–water partition coefficient (Wildman–Crippen LogP) is 2.00. The van der Waals surface area contributed by atoms with E-state index < -0.39 is 5.60 Å². The van der Waals surface area contributed by atoms with E-state index in [1.54, 1.807) is 6.92 Å². The maximum atomic E-state index is 9.55. The Morgan fingerprint density at radius 1 is 1.38 bits per heavy atom. The van der Waals surface area contributed by atoms with Gasteiger partial charge in [0.05, 0.1) is 0 Å². The maximum absolute atomic E-state index is 9.55. The van der Waals surface area contributed by atoms with Crippen LogP contribution in [0.4, 0.5) is 0 Å². The minimum atomic E-state index is -0.976. The summed E-state index contributed by atoms with van der Waals surface area (Å²) in [4.78, 5) is 0. The molecule has 0 fully saturated rings. The van der Waals surface area contributed by atoms with Gasteiger partial charge in [0, 0.05) is 0 Å². The highest BCUT2D eigenvalue weighted by Gasteiger charge is 2.15. The summed E-state index contributed by atoms with van der Waals surface area (Å²) in [5, 5.41) is 9.55. The average Bonchev–Trinajstić information content (AvgIpc) is 2.17. The summed E-state index contributed by atoms with van der Waals surface area (Å²) in [6.45, 7) is 1.66. The zero-order valence-corrected chi connectivity index (χ0v) is 7.83. The van der Waals surface area contributed by atoms with Crippen molar-refractivity contribution in [2.45, 2.75) is 25.4 Å². The first-order chi connectivity index (χ1) is 6.14. The van der Waals surface area contributed by atoms with Gasteiger partial charge in [0.1, 0.15) is 5.60 Å². The van der Waals surface area contributed by atoms with Crippen LogP contribution in [0.25, 0.3) is 0 Å². The summed E-state index contributed by atoms with van der Waals surface area (Å²) in [5.41, 5.74) is 0.230. The van der Waals surface area contributed by atoms with Crippen LogP contribution in [-0.4, -0.2) is 10.7 Å². The Kier molecular flexibility index (Phi) is 3.11. The zero-order valence-electron chi connectivity index (χ0n) is 7.83. The molecule has 68 valence electrons. The quantitative estimate of drug-likeness (QED) is 0.695. The molecule has 1 aromatic carbocycles. The molecule has 1 N–H and O–H groups in total. The number of terminal acetylenes is 1. The Morgan fingerprint density at radius 3 is 2.54 bits per heavy atom. The second-order valence-electron chi connectivity index (χ2n) is 3.40. The minimum absolute atomic E-state index is 0.605. The van der Waals surface area contributed by atoms with Gasteiger partial charge in [0.2, 0.25) is 0 Å². The first-order valence-electron chi connectivity index (χ1n) is 4.38. The summed E-state index contributed by atoms with van der Waals surface area (Å²) in [6.07, 6.45) is 6.59. The fraction of sp³-hybridized carbons (Fsp3) is 0.333. The van der Waals surface area contributed by atoms with Gasteiger partial charge in [0.15, 0.2) is 0 Å². The van der Waals surface area contributed by atoms with Gasteiger partial charge >= 0.3 is 0 Å². The second-order valence-corrected chi connectivity index (χ2v) is 3.40. The van der Waals surface area contributed by atoms with Gasteiger partial charge < -0.3 is 5.11 Å². The largest absolute Gasteiger partial charge is 0.378 e. The van der Waals surface area contributed by atoms with E-state index in [-0.39, 0.29) is 0 Å². The predicted molar refractivity (Wildman–Crippen MR) is 54.2 cm³/mol. The molecule has 0 aliphatic heterocycles. The minimum Gasteiger partial charge on any atom is -0.378 e. The molecule has 1 aromatic rings. The summed E-state index contributed by atoms with van der Waals surface area (Å²) in [7, 11) is 0. The molecule has 1 rings (SSSR count). The van der Waals surface area contributed by atoms with Crippen LogP contribution in [0.2, 0.25) is 0 Å². The third-order valence-corrected chi connectivity index (χ3v) is 2.05. The van der Waals surface area contributed by atoms with Crippen LogP contribution < -0.4 is 0 Å². The highest BCUT2D eigenvalue weighted by Crippen LogP contribution is 2.12.